The van der Waals surface area contributed by atoms with Crippen LogP contribution in [-0.2, 0) is 14.4 Å². The van der Waals surface area contributed by atoms with Crippen LogP contribution in [0.4, 0.5) is 0 Å². The molecule has 3 fully saturated rings. The molecule has 1 aliphatic heterocycles. The first-order valence-corrected chi connectivity index (χ1v) is 8.86. The van der Waals surface area contributed by atoms with Gasteiger partial charge in [-0.1, -0.05) is 19.3 Å². The van der Waals surface area contributed by atoms with E-state index in [2.05, 4.69) is 5.32 Å². The maximum absolute atomic E-state index is 12.6. The molecule has 2 aliphatic carbocycles. The molecule has 6 nitrogen and oxygen atoms in total. The van der Waals surface area contributed by atoms with Gasteiger partial charge in [0, 0.05) is 19.0 Å². The second kappa shape index (κ2) is 6.49. The Kier molecular flexibility index (Phi) is 4.60. The number of carbonyl (C=O) groups excluding carboxylic acids is 2. The molecule has 3 rings (SSSR count). The van der Waals surface area contributed by atoms with E-state index in [-0.39, 0.29) is 23.7 Å². The summed E-state index contributed by atoms with van der Waals surface area (Å²) in [5.74, 6) is -1.05. The lowest BCUT2D eigenvalue weighted by molar-refractivity contribution is -0.151. The van der Waals surface area contributed by atoms with Crippen molar-refractivity contribution < 1.29 is 19.5 Å². The van der Waals surface area contributed by atoms with Gasteiger partial charge in [0.2, 0.25) is 11.8 Å². The first-order chi connectivity index (χ1) is 11.0. The van der Waals surface area contributed by atoms with Crippen molar-refractivity contribution in [2.45, 2.75) is 63.3 Å². The molecule has 0 unspecified atom stereocenters. The fraction of sp³-hybridized carbons (Fsp3) is 0.824. The number of carbonyl (C=O) groups is 3. The normalized spacial score (nSPS) is 27.3. The quantitative estimate of drug-likeness (QED) is 0.822. The lowest BCUT2D eigenvalue weighted by Gasteiger charge is -2.37. The SMILES string of the molecule is O=C(NC1(C(=O)O)CCCCC1)[C@@H]1CCCN(C(=O)C2CC2)C1. The standard InChI is InChI=1S/C17H26N2O4/c20-14(18-17(16(22)23)8-2-1-3-9-17)13-5-4-10-19(11-13)15(21)12-6-7-12/h12-13H,1-11H2,(H,18,20)(H,22,23)/t13-/m1/s1. The monoisotopic (exact) mass is 322 g/mol. The summed E-state index contributed by atoms with van der Waals surface area (Å²) in [6.45, 7) is 1.17. The molecule has 1 heterocycles. The summed E-state index contributed by atoms with van der Waals surface area (Å²) in [5, 5.41) is 12.4. The molecule has 0 aromatic carbocycles. The van der Waals surface area contributed by atoms with Crippen LogP contribution < -0.4 is 5.32 Å². The predicted octanol–water partition coefficient (Wildman–Crippen LogP) is 1.54. The molecule has 2 N–H and O–H groups in total. The van der Waals surface area contributed by atoms with Gasteiger partial charge in [-0.2, -0.15) is 0 Å². The summed E-state index contributed by atoms with van der Waals surface area (Å²) < 4.78 is 0. The molecule has 1 saturated heterocycles. The number of nitrogens with zero attached hydrogens (tertiary/aromatic N) is 1. The van der Waals surface area contributed by atoms with Crippen LogP contribution in [0, 0.1) is 11.8 Å². The molecule has 0 spiro atoms. The number of amides is 2. The van der Waals surface area contributed by atoms with E-state index in [1.165, 1.54) is 0 Å². The average molecular weight is 322 g/mol. The number of piperidine rings is 1. The third-order valence-electron chi connectivity index (χ3n) is 5.51. The van der Waals surface area contributed by atoms with Gasteiger partial charge in [-0.3, -0.25) is 9.59 Å². The molecular formula is C17H26N2O4. The Morgan fingerprint density at radius 3 is 2.26 bits per heavy atom. The van der Waals surface area contributed by atoms with Crippen LogP contribution >= 0.6 is 0 Å². The third-order valence-corrected chi connectivity index (χ3v) is 5.51. The molecule has 0 radical (unpaired) electrons. The van der Waals surface area contributed by atoms with Crippen LogP contribution in [0.25, 0.3) is 0 Å². The van der Waals surface area contributed by atoms with Gasteiger partial charge >= 0.3 is 5.97 Å². The molecular weight excluding hydrogens is 296 g/mol. The van der Waals surface area contributed by atoms with E-state index in [4.69, 9.17) is 0 Å². The number of likely N-dealkylation sites (tertiary alicyclic amines) is 1. The zero-order valence-corrected chi connectivity index (χ0v) is 13.6. The molecule has 3 aliphatic rings. The van der Waals surface area contributed by atoms with Gasteiger partial charge in [0.05, 0.1) is 5.92 Å². The molecule has 2 amide bonds. The van der Waals surface area contributed by atoms with Crippen LogP contribution in [0.5, 0.6) is 0 Å². The lowest BCUT2D eigenvalue weighted by atomic mass is 9.81. The van der Waals surface area contributed by atoms with E-state index in [0.717, 1.165) is 51.5 Å². The van der Waals surface area contributed by atoms with Crippen molar-refractivity contribution in [3.8, 4) is 0 Å². The fourth-order valence-electron chi connectivity index (χ4n) is 3.87. The van der Waals surface area contributed by atoms with E-state index in [1.807, 2.05) is 0 Å². The van der Waals surface area contributed by atoms with Crippen LogP contribution in [0.1, 0.15) is 57.8 Å². The summed E-state index contributed by atoms with van der Waals surface area (Å²) in [4.78, 5) is 38.3. The maximum atomic E-state index is 12.6. The minimum atomic E-state index is -1.10. The Balaban J connectivity index is 1.62. The van der Waals surface area contributed by atoms with Crippen molar-refractivity contribution in [2.75, 3.05) is 13.1 Å². The molecule has 23 heavy (non-hydrogen) atoms. The third kappa shape index (κ3) is 3.51. The Bertz CT molecular complexity index is 495. The Morgan fingerprint density at radius 1 is 0.957 bits per heavy atom. The van der Waals surface area contributed by atoms with Crippen molar-refractivity contribution >= 4 is 17.8 Å². The second-order valence-electron chi connectivity index (χ2n) is 7.33. The van der Waals surface area contributed by atoms with Gasteiger partial charge in [0.1, 0.15) is 5.54 Å². The van der Waals surface area contributed by atoms with Gasteiger partial charge < -0.3 is 15.3 Å². The van der Waals surface area contributed by atoms with Crippen molar-refractivity contribution in [3.05, 3.63) is 0 Å². The van der Waals surface area contributed by atoms with Crippen molar-refractivity contribution in [1.29, 1.82) is 0 Å². The summed E-state index contributed by atoms with van der Waals surface area (Å²) >= 11 is 0. The number of carboxylic acids is 1. The van der Waals surface area contributed by atoms with E-state index < -0.39 is 11.5 Å². The molecule has 0 bridgehead atoms. The number of aliphatic carboxylic acids is 1. The number of rotatable bonds is 4. The van der Waals surface area contributed by atoms with Gasteiger partial charge in [-0.05, 0) is 38.5 Å². The molecule has 2 saturated carbocycles. The minimum absolute atomic E-state index is 0.167. The highest BCUT2D eigenvalue weighted by molar-refractivity contribution is 5.89. The number of nitrogens with one attached hydrogen (secondary N) is 1. The zero-order chi connectivity index (χ0) is 16.4. The predicted molar refractivity (Wildman–Crippen MR) is 83.6 cm³/mol. The topological polar surface area (TPSA) is 86.7 Å². The smallest absolute Gasteiger partial charge is 0.329 e. The van der Waals surface area contributed by atoms with Crippen LogP contribution in [-0.4, -0.2) is 46.4 Å². The number of hydrogen-bond donors (Lipinski definition) is 2. The van der Waals surface area contributed by atoms with Crippen LogP contribution in [0.15, 0.2) is 0 Å². The van der Waals surface area contributed by atoms with Crippen molar-refractivity contribution in [2.24, 2.45) is 11.8 Å². The van der Waals surface area contributed by atoms with Crippen LogP contribution in [0.3, 0.4) is 0 Å². The molecule has 1 atom stereocenters. The van der Waals surface area contributed by atoms with E-state index in [0.29, 0.717) is 19.4 Å². The largest absolute Gasteiger partial charge is 0.480 e. The highest BCUT2D eigenvalue weighted by Gasteiger charge is 2.43. The van der Waals surface area contributed by atoms with E-state index in [9.17, 15) is 19.5 Å². The Hall–Kier alpha value is -1.59. The first kappa shape index (κ1) is 16.3. The summed E-state index contributed by atoms with van der Waals surface area (Å²) in [7, 11) is 0. The average Bonchev–Trinajstić information content (AvgIpc) is 3.40. The molecule has 6 heteroatoms. The maximum Gasteiger partial charge on any atom is 0.329 e. The number of carboxylic acid groups (broad SMARTS) is 1. The highest BCUT2D eigenvalue weighted by atomic mass is 16.4. The summed E-state index contributed by atoms with van der Waals surface area (Å²) in [6.07, 6.45) is 7.19. The lowest BCUT2D eigenvalue weighted by Crippen LogP contribution is -2.58. The Morgan fingerprint density at radius 2 is 1.65 bits per heavy atom. The molecule has 0 aromatic heterocycles. The first-order valence-electron chi connectivity index (χ1n) is 8.86. The van der Waals surface area contributed by atoms with Gasteiger partial charge in [-0.15, -0.1) is 0 Å². The minimum Gasteiger partial charge on any atom is -0.480 e. The zero-order valence-electron chi connectivity index (χ0n) is 13.6. The van der Waals surface area contributed by atoms with Crippen molar-refractivity contribution in [3.63, 3.8) is 0 Å². The van der Waals surface area contributed by atoms with Crippen LogP contribution in [0.2, 0.25) is 0 Å². The summed E-state index contributed by atoms with van der Waals surface area (Å²) in [5.41, 5.74) is -1.10. The second-order valence-corrected chi connectivity index (χ2v) is 7.33. The van der Waals surface area contributed by atoms with Gasteiger partial charge in [-0.25, -0.2) is 4.79 Å². The number of hydrogen-bond acceptors (Lipinski definition) is 3. The van der Waals surface area contributed by atoms with E-state index >= 15 is 0 Å². The fourth-order valence-corrected chi connectivity index (χ4v) is 3.87. The highest BCUT2D eigenvalue weighted by Crippen LogP contribution is 2.33. The molecule has 0 aromatic rings. The van der Waals surface area contributed by atoms with E-state index in [1.54, 1.807) is 4.90 Å². The Labute approximate surface area is 136 Å². The van der Waals surface area contributed by atoms with Gasteiger partial charge in [0.25, 0.3) is 0 Å². The summed E-state index contributed by atoms with van der Waals surface area (Å²) in [6, 6.07) is 0. The van der Waals surface area contributed by atoms with Crippen molar-refractivity contribution in [1.82, 2.24) is 10.2 Å². The molecule has 128 valence electrons. The van der Waals surface area contributed by atoms with Gasteiger partial charge in [0.15, 0.2) is 0 Å².